The van der Waals surface area contributed by atoms with Crippen LogP contribution in [0.25, 0.3) is 21.8 Å². The van der Waals surface area contributed by atoms with E-state index in [2.05, 4.69) is 5.10 Å². The van der Waals surface area contributed by atoms with Crippen LogP contribution in [-0.2, 0) is 19.3 Å². The van der Waals surface area contributed by atoms with E-state index in [4.69, 9.17) is 4.74 Å². The molecule has 2 heterocycles. The summed E-state index contributed by atoms with van der Waals surface area (Å²) in [6, 6.07) is 32.3. The van der Waals surface area contributed by atoms with Crippen LogP contribution in [0, 0.1) is 0 Å². The first kappa shape index (κ1) is 22.7. The largest absolute Gasteiger partial charge is 0.519 e. The lowest BCUT2D eigenvalue weighted by Gasteiger charge is -2.21. The van der Waals surface area contributed by atoms with Gasteiger partial charge < -0.3 is 4.74 Å². The number of para-hydroxylation sites is 2. The predicted octanol–water partition coefficient (Wildman–Crippen LogP) is 5.84. The summed E-state index contributed by atoms with van der Waals surface area (Å²) in [5.41, 5.74) is 1.93. The molecule has 6 rings (SSSR count). The highest BCUT2D eigenvalue weighted by Gasteiger charge is 2.41. The average Bonchev–Trinajstić information content (AvgIpc) is 3.40. The maximum atomic E-state index is 15.9. The predicted molar refractivity (Wildman–Crippen MR) is 138 cm³/mol. The van der Waals surface area contributed by atoms with E-state index >= 15 is 8.78 Å². The molecular formula is C29H22F2N4O2. The van der Waals surface area contributed by atoms with E-state index in [-0.39, 0.29) is 17.8 Å². The van der Waals surface area contributed by atoms with Crippen molar-refractivity contribution >= 4 is 21.8 Å². The molecule has 0 saturated carbocycles. The maximum Gasteiger partial charge on any atom is 0.519 e. The molecule has 0 bridgehead atoms. The van der Waals surface area contributed by atoms with Gasteiger partial charge in [0.15, 0.2) is 0 Å². The van der Waals surface area contributed by atoms with E-state index in [0.29, 0.717) is 27.6 Å². The molecule has 0 aliphatic heterocycles. The van der Waals surface area contributed by atoms with Crippen LogP contribution in [0.5, 0.6) is 5.88 Å². The Hall–Kier alpha value is -4.72. The highest BCUT2D eigenvalue weighted by molar-refractivity contribution is 5.84. The van der Waals surface area contributed by atoms with Gasteiger partial charge in [-0.15, -0.1) is 18.6 Å². The summed E-state index contributed by atoms with van der Waals surface area (Å²) in [5, 5.41) is 4.99. The highest BCUT2D eigenvalue weighted by Crippen LogP contribution is 2.32. The second-order valence-electron chi connectivity index (χ2n) is 8.73. The quantitative estimate of drug-likeness (QED) is 0.279. The normalized spacial score (nSPS) is 11.8. The number of halogens is 2. The molecule has 0 spiro atoms. The zero-order chi connectivity index (χ0) is 25.4. The van der Waals surface area contributed by atoms with E-state index in [0.717, 1.165) is 11.1 Å². The first-order valence-electron chi connectivity index (χ1n) is 11.8. The number of fused-ring (bicyclic) bond motifs is 2. The molecule has 2 aromatic heterocycles. The Morgan fingerprint density at radius 1 is 0.676 bits per heavy atom. The van der Waals surface area contributed by atoms with Crippen LogP contribution in [0.4, 0.5) is 8.78 Å². The Kier molecular flexibility index (Phi) is 5.56. The fourth-order valence-corrected chi connectivity index (χ4v) is 4.59. The third-order valence-corrected chi connectivity index (χ3v) is 6.29. The Balaban J connectivity index is 1.45. The van der Waals surface area contributed by atoms with Gasteiger partial charge in [0.2, 0.25) is 5.88 Å². The zero-order valence-corrected chi connectivity index (χ0v) is 19.7. The number of hydrogen-bond donors (Lipinski definition) is 0. The van der Waals surface area contributed by atoms with Crippen LogP contribution >= 0.6 is 0 Å². The molecule has 6 nitrogen and oxygen atoms in total. The fourth-order valence-electron chi connectivity index (χ4n) is 4.59. The van der Waals surface area contributed by atoms with Crippen molar-refractivity contribution in [3.05, 3.63) is 131 Å². The lowest BCUT2D eigenvalue weighted by atomic mass is 10.2. The first-order valence-corrected chi connectivity index (χ1v) is 11.8. The molecule has 6 aromatic rings. The summed E-state index contributed by atoms with van der Waals surface area (Å²) < 4.78 is 40.4. The van der Waals surface area contributed by atoms with Crippen molar-refractivity contribution in [3.8, 4) is 5.88 Å². The van der Waals surface area contributed by atoms with Crippen LogP contribution in [0.3, 0.4) is 0 Å². The van der Waals surface area contributed by atoms with Gasteiger partial charge in [-0.3, -0.25) is 14.2 Å². The number of rotatable bonds is 7. The van der Waals surface area contributed by atoms with Crippen molar-refractivity contribution in [3.63, 3.8) is 0 Å². The van der Waals surface area contributed by atoms with Gasteiger partial charge in [-0.25, -0.2) is 0 Å². The molecule has 0 aliphatic rings. The monoisotopic (exact) mass is 496 g/mol. The van der Waals surface area contributed by atoms with E-state index < -0.39 is 11.8 Å². The lowest BCUT2D eigenvalue weighted by Crippen LogP contribution is -2.41. The van der Waals surface area contributed by atoms with Crippen LogP contribution in [0.1, 0.15) is 11.1 Å². The van der Waals surface area contributed by atoms with Crippen molar-refractivity contribution < 1.29 is 13.5 Å². The van der Waals surface area contributed by atoms with E-state index in [9.17, 15) is 4.79 Å². The Morgan fingerprint density at radius 2 is 1.22 bits per heavy atom. The minimum absolute atomic E-state index is 0.0612. The minimum atomic E-state index is -4.01. The number of alkyl halides is 2. The van der Waals surface area contributed by atoms with Gasteiger partial charge >= 0.3 is 6.23 Å². The third kappa shape index (κ3) is 4.16. The average molecular weight is 497 g/mol. The van der Waals surface area contributed by atoms with E-state index in [1.54, 1.807) is 41.1 Å². The van der Waals surface area contributed by atoms with E-state index in [1.165, 1.54) is 10.7 Å². The molecule has 184 valence electrons. The van der Waals surface area contributed by atoms with Gasteiger partial charge in [-0.2, -0.15) is 0 Å². The molecule has 0 saturated heterocycles. The van der Waals surface area contributed by atoms with Crippen LogP contribution in [0.15, 0.2) is 114 Å². The highest BCUT2D eigenvalue weighted by atomic mass is 19.3. The summed E-state index contributed by atoms with van der Waals surface area (Å²) >= 11 is 0. The number of aromatic nitrogens is 4. The minimum Gasteiger partial charge on any atom is -0.393 e. The van der Waals surface area contributed by atoms with Gasteiger partial charge in [0.1, 0.15) is 0 Å². The second-order valence-corrected chi connectivity index (χ2v) is 8.73. The molecule has 0 N–H and O–H groups in total. The number of benzene rings is 4. The van der Waals surface area contributed by atoms with Crippen molar-refractivity contribution in [1.29, 1.82) is 0 Å². The zero-order valence-electron chi connectivity index (χ0n) is 19.7. The Morgan fingerprint density at radius 3 is 1.89 bits per heavy atom. The number of nitrogens with zero attached hydrogens (tertiary/aromatic N) is 4. The SMILES string of the molecule is O=c1c2ccccc2n(Cc2ccccc2)n1C(F)(F)Oc1nn(Cc2ccccc2)c2ccccc12. The molecule has 0 radical (unpaired) electrons. The Labute approximate surface area is 210 Å². The summed E-state index contributed by atoms with van der Waals surface area (Å²) in [6.45, 7) is 0.441. The third-order valence-electron chi connectivity index (χ3n) is 6.29. The molecule has 0 aliphatic carbocycles. The van der Waals surface area contributed by atoms with Crippen LogP contribution in [-0.4, -0.2) is 19.1 Å². The van der Waals surface area contributed by atoms with Gasteiger partial charge in [0.25, 0.3) is 5.56 Å². The molecule has 37 heavy (non-hydrogen) atoms. The van der Waals surface area contributed by atoms with Gasteiger partial charge in [-0.1, -0.05) is 84.9 Å². The standard InChI is InChI=1S/C29H22F2N4O2/c30-29(31,35-28(36)24-16-8-10-18-26(24)34(35)20-22-13-5-2-6-14-22)37-27-23-15-7-9-17-25(23)33(32-27)19-21-11-3-1-4-12-21/h1-18H,19-20H2. The van der Waals surface area contributed by atoms with Crippen molar-refractivity contribution in [1.82, 2.24) is 19.1 Å². The molecule has 0 unspecified atom stereocenters. The molecule has 0 atom stereocenters. The first-order chi connectivity index (χ1) is 18.0. The molecule has 4 aromatic carbocycles. The van der Waals surface area contributed by atoms with Crippen molar-refractivity contribution in [2.24, 2.45) is 0 Å². The molecule has 8 heteroatoms. The van der Waals surface area contributed by atoms with Crippen LogP contribution < -0.4 is 10.3 Å². The molecular weight excluding hydrogens is 474 g/mol. The fraction of sp³-hybridized carbons (Fsp3) is 0.103. The van der Waals surface area contributed by atoms with Gasteiger partial charge in [0.05, 0.1) is 34.9 Å². The summed E-state index contributed by atoms with van der Waals surface area (Å²) in [5.74, 6) is -0.250. The molecule has 0 amide bonds. The smallest absolute Gasteiger partial charge is 0.393 e. The topological polar surface area (TPSA) is 54.0 Å². The number of ether oxygens (including phenoxy) is 1. The second kappa shape index (κ2) is 9.05. The lowest BCUT2D eigenvalue weighted by molar-refractivity contribution is -0.261. The summed E-state index contributed by atoms with van der Waals surface area (Å²) in [7, 11) is 0. The number of hydrogen-bond acceptors (Lipinski definition) is 3. The maximum absolute atomic E-state index is 15.9. The van der Waals surface area contributed by atoms with Crippen molar-refractivity contribution in [2.75, 3.05) is 0 Å². The van der Waals surface area contributed by atoms with Crippen molar-refractivity contribution in [2.45, 2.75) is 19.3 Å². The summed E-state index contributed by atoms with van der Waals surface area (Å²) in [6.07, 6.45) is -4.01. The van der Waals surface area contributed by atoms with Crippen LogP contribution in [0.2, 0.25) is 0 Å². The summed E-state index contributed by atoms with van der Waals surface area (Å²) in [4.78, 5) is 13.2. The van der Waals surface area contributed by atoms with Gasteiger partial charge in [0, 0.05) is 0 Å². The van der Waals surface area contributed by atoms with E-state index in [1.807, 2.05) is 66.7 Å². The Bertz CT molecular complexity index is 1760. The van der Waals surface area contributed by atoms with Gasteiger partial charge in [-0.05, 0) is 35.4 Å². The molecule has 0 fully saturated rings.